The van der Waals surface area contributed by atoms with Gasteiger partial charge in [-0.05, 0) is 68.1 Å². The minimum atomic E-state index is -2.34. The van der Waals surface area contributed by atoms with Crippen molar-refractivity contribution >= 4 is 5.82 Å². The summed E-state index contributed by atoms with van der Waals surface area (Å²) in [6.45, 7) is 0. The van der Waals surface area contributed by atoms with Gasteiger partial charge in [0.25, 0.3) is 6.43 Å². The van der Waals surface area contributed by atoms with E-state index in [4.69, 9.17) is 0 Å². The van der Waals surface area contributed by atoms with Gasteiger partial charge in [0.2, 0.25) is 0 Å². The van der Waals surface area contributed by atoms with Crippen LogP contribution in [0.1, 0.15) is 51.0 Å². The maximum atomic E-state index is 13.5. The molecule has 22 heavy (non-hydrogen) atoms. The molecule has 0 aromatic carbocycles. The zero-order valence-corrected chi connectivity index (χ0v) is 12.7. The number of rotatable bonds is 2. The lowest BCUT2D eigenvalue weighted by molar-refractivity contribution is -0.0723. The first-order valence-electron chi connectivity index (χ1n) is 8.71. The van der Waals surface area contributed by atoms with Gasteiger partial charge in [-0.15, -0.1) is 0 Å². The van der Waals surface area contributed by atoms with Gasteiger partial charge in [-0.1, -0.05) is 0 Å². The quantitative estimate of drug-likeness (QED) is 0.892. The second-order valence-corrected chi connectivity index (χ2v) is 8.28. The molecule has 0 saturated heterocycles. The van der Waals surface area contributed by atoms with Crippen LogP contribution in [0, 0.1) is 23.2 Å². The summed E-state index contributed by atoms with van der Waals surface area (Å²) in [6.07, 6.45) is 7.75. The van der Waals surface area contributed by atoms with E-state index in [-0.39, 0.29) is 11.5 Å². The van der Waals surface area contributed by atoms with Crippen LogP contribution in [0.4, 0.5) is 14.6 Å². The molecule has 1 aromatic rings. The van der Waals surface area contributed by atoms with Crippen LogP contribution in [-0.4, -0.2) is 22.2 Å². The minimum Gasteiger partial charge on any atom is -0.367 e. The molecule has 4 fully saturated rings. The van der Waals surface area contributed by atoms with Crippen molar-refractivity contribution in [3.63, 3.8) is 0 Å². The zero-order chi connectivity index (χ0) is 14.9. The molecule has 1 N–H and O–H groups in total. The summed E-state index contributed by atoms with van der Waals surface area (Å²) < 4.78 is 28.6. The molecule has 120 valence electrons. The number of hydrogen-bond donors (Lipinski definition) is 1. The molecule has 1 aromatic heterocycles. The summed E-state index contributed by atoms with van der Waals surface area (Å²) in [5, 5.41) is 7.70. The summed E-state index contributed by atoms with van der Waals surface area (Å²) in [4.78, 5) is 0. The predicted octanol–water partition coefficient (Wildman–Crippen LogP) is 4.09. The lowest BCUT2D eigenvalue weighted by Crippen LogP contribution is -2.56. The molecule has 6 rings (SSSR count). The second kappa shape index (κ2) is 4.45. The summed E-state index contributed by atoms with van der Waals surface area (Å²) in [5.41, 5.74) is 0.261. The third kappa shape index (κ3) is 1.80. The molecule has 0 radical (unpaired) electrons. The average molecular weight is 307 g/mol. The first-order chi connectivity index (χ1) is 10.6. The number of aromatic nitrogens is 2. The highest BCUT2D eigenvalue weighted by Gasteiger charge is 2.55. The number of halogens is 2. The molecule has 2 heterocycles. The van der Waals surface area contributed by atoms with Crippen molar-refractivity contribution in [3.05, 3.63) is 12.3 Å². The number of alkyl halides is 2. The minimum absolute atomic E-state index is 0.198. The lowest BCUT2D eigenvalue weighted by Gasteiger charge is -2.60. The Kier molecular flexibility index (Phi) is 2.70. The van der Waals surface area contributed by atoms with E-state index in [1.54, 1.807) is 6.20 Å². The smallest absolute Gasteiger partial charge is 0.260 e. The van der Waals surface area contributed by atoms with Crippen LogP contribution < -0.4 is 5.32 Å². The Hall–Kier alpha value is -1.13. The van der Waals surface area contributed by atoms with E-state index in [0.717, 1.165) is 23.6 Å². The molecule has 2 atom stereocenters. The van der Waals surface area contributed by atoms with Crippen molar-refractivity contribution in [1.29, 1.82) is 0 Å². The van der Waals surface area contributed by atoms with Crippen molar-refractivity contribution in [2.24, 2.45) is 23.2 Å². The number of anilines is 1. The molecule has 0 unspecified atom stereocenters. The van der Waals surface area contributed by atoms with E-state index >= 15 is 0 Å². The molecule has 3 nitrogen and oxygen atoms in total. The second-order valence-electron chi connectivity index (χ2n) is 8.28. The summed E-state index contributed by atoms with van der Waals surface area (Å²) in [6, 6.07) is 1.29. The van der Waals surface area contributed by atoms with Gasteiger partial charge in [0.1, 0.15) is 11.9 Å². The fourth-order valence-electron chi connectivity index (χ4n) is 6.49. The van der Waals surface area contributed by atoms with Gasteiger partial charge >= 0.3 is 0 Å². The largest absolute Gasteiger partial charge is 0.367 e. The van der Waals surface area contributed by atoms with Crippen LogP contribution in [0.3, 0.4) is 0 Å². The molecule has 4 bridgehead atoms. The normalized spacial score (nSPS) is 45.9. The van der Waals surface area contributed by atoms with Crippen LogP contribution in [0.15, 0.2) is 12.3 Å². The van der Waals surface area contributed by atoms with Gasteiger partial charge < -0.3 is 5.32 Å². The van der Waals surface area contributed by atoms with Gasteiger partial charge in [0.05, 0.1) is 6.20 Å². The number of nitrogens with one attached hydrogen (secondary N) is 1. The van der Waals surface area contributed by atoms with Crippen LogP contribution in [0.2, 0.25) is 0 Å². The average Bonchev–Trinajstić information content (AvgIpc) is 2.92. The third-order valence-electron chi connectivity index (χ3n) is 6.90. The van der Waals surface area contributed by atoms with Crippen molar-refractivity contribution in [2.45, 2.75) is 63.5 Å². The molecule has 4 saturated carbocycles. The molecule has 0 spiro atoms. The van der Waals surface area contributed by atoms with Crippen molar-refractivity contribution in [3.8, 4) is 0 Å². The van der Waals surface area contributed by atoms with Gasteiger partial charge in [-0.2, -0.15) is 5.10 Å². The predicted molar refractivity (Wildman–Crippen MR) is 79.9 cm³/mol. The topological polar surface area (TPSA) is 29.9 Å². The highest BCUT2D eigenvalue weighted by Crippen LogP contribution is 2.62. The van der Waals surface area contributed by atoms with Crippen LogP contribution in [0.5, 0.6) is 0 Å². The number of fused-ring (bicyclic) bond motifs is 1. The summed E-state index contributed by atoms with van der Waals surface area (Å²) in [7, 11) is 0. The van der Waals surface area contributed by atoms with Gasteiger partial charge in [0.15, 0.2) is 0 Å². The monoisotopic (exact) mass is 307 g/mol. The Bertz CT molecular complexity index is 547. The van der Waals surface area contributed by atoms with Crippen molar-refractivity contribution in [1.82, 2.24) is 9.78 Å². The fourth-order valence-corrected chi connectivity index (χ4v) is 6.49. The maximum absolute atomic E-state index is 13.5. The van der Waals surface area contributed by atoms with E-state index in [2.05, 4.69) is 10.4 Å². The van der Waals surface area contributed by atoms with Crippen molar-refractivity contribution < 1.29 is 8.78 Å². The van der Waals surface area contributed by atoms with Crippen LogP contribution in [0.25, 0.3) is 0 Å². The molecule has 1 aliphatic heterocycles. The van der Waals surface area contributed by atoms with Crippen LogP contribution >= 0.6 is 0 Å². The Morgan fingerprint density at radius 3 is 2.32 bits per heavy atom. The Morgan fingerprint density at radius 2 is 1.73 bits per heavy atom. The SMILES string of the molecule is FC(F)[C@H]1C[C@H](C23CC4CC(CC(C4)C2)C3)Nc2ccnn21. The Balaban J connectivity index is 1.49. The van der Waals surface area contributed by atoms with Gasteiger partial charge in [-0.25, -0.2) is 13.5 Å². The number of hydrogen-bond acceptors (Lipinski definition) is 2. The fraction of sp³-hybridized carbons (Fsp3) is 0.824. The van der Waals surface area contributed by atoms with E-state index in [1.165, 1.54) is 43.2 Å². The third-order valence-corrected chi connectivity index (χ3v) is 6.90. The summed E-state index contributed by atoms with van der Waals surface area (Å²) in [5.74, 6) is 3.34. The molecule has 5 heteroatoms. The molecule has 4 aliphatic carbocycles. The Labute approximate surface area is 129 Å². The van der Waals surface area contributed by atoms with E-state index in [0.29, 0.717) is 6.42 Å². The first-order valence-corrected chi connectivity index (χ1v) is 8.71. The molecular weight excluding hydrogens is 284 g/mol. The molecular formula is C17H23F2N3. The lowest BCUT2D eigenvalue weighted by atomic mass is 9.47. The van der Waals surface area contributed by atoms with E-state index < -0.39 is 12.5 Å². The molecule has 0 amide bonds. The highest BCUT2D eigenvalue weighted by atomic mass is 19.3. The van der Waals surface area contributed by atoms with Crippen molar-refractivity contribution in [2.75, 3.05) is 5.32 Å². The summed E-state index contributed by atoms with van der Waals surface area (Å²) >= 11 is 0. The van der Waals surface area contributed by atoms with Crippen LogP contribution in [-0.2, 0) is 0 Å². The van der Waals surface area contributed by atoms with Gasteiger partial charge in [-0.3, -0.25) is 0 Å². The zero-order valence-electron chi connectivity index (χ0n) is 12.7. The first kappa shape index (κ1) is 13.3. The standard InChI is InChI=1S/C17H23F2N3/c18-16(19)13-6-14(21-15-1-2-20-22(13)15)17-7-10-3-11(8-17)5-12(4-10)9-17/h1-2,10-14,16,21H,3-9H2/t10?,11?,12?,13-,14-,17?/m1/s1. The number of nitrogens with zero attached hydrogens (tertiary/aromatic N) is 2. The van der Waals surface area contributed by atoms with E-state index in [1.807, 2.05) is 6.07 Å². The Morgan fingerprint density at radius 1 is 1.09 bits per heavy atom. The molecule has 5 aliphatic rings. The highest BCUT2D eigenvalue weighted by molar-refractivity contribution is 5.39. The maximum Gasteiger partial charge on any atom is 0.260 e. The van der Waals surface area contributed by atoms with Gasteiger partial charge in [0, 0.05) is 12.1 Å². The van der Waals surface area contributed by atoms with E-state index in [9.17, 15) is 8.78 Å².